The zero-order chi connectivity index (χ0) is 14.6. The van der Waals surface area contributed by atoms with E-state index in [4.69, 9.17) is 5.11 Å². The number of urea groups is 1. The lowest BCUT2D eigenvalue weighted by Crippen LogP contribution is -2.46. The van der Waals surface area contributed by atoms with Crippen molar-refractivity contribution in [2.24, 2.45) is 5.92 Å². The van der Waals surface area contributed by atoms with Crippen molar-refractivity contribution in [3.63, 3.8) is 0 Å². The number of carbonyl (C=O) groups is 4. The van der Waals surface area contributed by atoms with Gasteiger partial charge in [-0.05, 0) is 5.92 Å². The van der Waals surface area contributed by atoms with Crippen LogP contribution in [0, 0.1) is 5.92 Å². The fourth-order valence-corrected chi connectivity index (χ4v) is 1.65. The summed E-state index contributed by atoms with van der Waals surface area (Å²) in [4.78, 5) is 45.7. The number of nitrogens with zero attached hydrogens (tertiary/aromatic N) is 1. The number of amides is 4. The maximum atomic E-state index is 11.7. The van der Waals surface area contributed by atoms with Gasteiger partial charge >= 0.3 is 12.0 Å². The fraction of sp³-hybridized carbons (Fsp3) is 0.636. The molecular formula is C11H17N3O5. The number of nitrogens with one attached hydrogen (secondary N) is 2. The van der Waals surface area contributed by atoms with E-state index in [0.29, 0.717) is 0 Å². The second-order valence-corrected chi connectivity index (χ2v) is 4.65. The summed E-state index contributed by atoms with van der Waals surface area (Å²) in [5, 5.41) is 13.6. The normalized spacial score (nSPS) is 16.5. The molecule has 0 aromatic carbocycles. The number of hydrogen-bond acceptors (Lipinski definition) is 4. The lowest BCUT2D eigenvalue weighted by molar-refractivity contribution is -0.138. The average Bonchev–Trinajstić information content (AvgIpc) is 2.59. The summed E-state index contributed by atoms with van der Waals surface area (Å²) in [5.41, 5.74) is 0. The van der Waals surface area contributed by atoms with E-state index < -0.39 is 36.4 Å². The van der Waals surface area contributed by atoms with Crippen LogP contribution in [0.5, 0.6) is 0 Å². The van der Waals surface area contributed by atoms with Crippen LogP contribution in [0.15, 0.2) is 0 Å². The number of carboxylic acids is 1. The number of imide groups is 1. The molecule has 0 aromatic rings. The molecule has 0 aromatic heterocycles. The van der Waals surface area contributed by atoms with Crippen molar-refractivity contribution in [2.45, 2.75) is 26.3 Å². The minimum atomic E-state index is -1.02. The Hall–Kier alpha value is -2.12. The van der Waals surface area contributed by atoms with Gasteiger partial charge in [-0.25, -0.2) is 4.79 Å². The maximum Gasteiger partial charge on any atom is 0.325 e. The van der Waals surface area contributed by atoms with Gasteiger partial charge in [0.2, 0.25) is 5.91 Å². The number of rotatable bonds is 6. The molecule has 0 spiro atoms. The molecule has 1 aliphatic rings. The first kappa shape index (κ1) is 14.9. The van der Waals surface area contributed by atoms with Crippen molar-refractivity contribution in [2.75, 3.05) is 13.1 Å². The van der Waals surface area contributed by atoms with Crippen LogP contribution < -0.4 is 10.6 Å². The first-order valence-corrected chi connectivity index (χ1v) is 5.90. The molecule has 106 valence electrons. The Balaban J connectivity index is 2.55. The van der Waals surface area contributed by atoms with Crippen LogP contribution >= 0.6 is 0 Å². The van der Waals surface area contributed by atoms with Gasteiger partial charge in [-0.15, -0.1) is 0 Å². The van der Waals surface area contributed by atoms with Gasteiger partial charge in [0.25, 0.3) is 5.91 Å². The summed E-state index contributed by atoms with van der Waals surface area (Å²) in [6.07, 6.45) is -0.205. The number of carbonyl (C=O) groups excluding carboxylic acids is 3. The van der Waals surface area contributed by atoms with E-state index in [-0.39, 0.29) is 18.9 Å². The van der Waals surface area contributed by atoms with E-state index in [0.717, 1.165) is 4.90 Å². The van der Waals surface area contributed by atoms with Crippen molar-refractivity contribution in [1.29, 1.82) is 0 Å². The molecule has 1 heterocycles. The van der Waals surface area contributed by atoms with Gasteiger partial charge < -0.3 is 15.7 Å². The van der Waals surface area contributed by atoms with E-state index >= 15 is 0 Å². The fourth-order valence-electron chi connectivity index (χ4n) is 1.65. The first-order chi connectivity index (χ1) is 8.81. The predicted molar refractivity (Wildman–Crippen MR) is 64.1 cm³/mol. The molecule has 0 radical (unpaired) electrons. The molecule has 8 nitrogen and oxygen atoms in total. The van der Waals surface area contributed by atoms with Crippen molar-refractivity contribution < 1.29 is 24.3 Å². The molecule has 1 fully saturated rings. The van der Waals surface area contributed by atoms with Crippen LogP contribution in [0.25, 0.3) is 0 Å². The van der Waals surface area contributed by atoms with Crippen molar-refractivity contribution in [3.05, 3.63) is 0 Å². The SMILES string of the molecule is CC(C)C(CC(=O)O)NC(=O)CN1C(=O)CNC1=O. The smallest absolute Gasteiger partial charge is 0.325 e. The Kier molecular flexibility index (Phi) is 4.85. The van der Waals surface area contributed by atoms with Gasteiger partial charge in [-0.1, -0.05) is 13.8 Å². The van der Waals surface area contributed by atoms with E-state index in [2.05, 4.69) is 10.6 Å². The average molecular weight is 271 g/mol. The topological polar surface area (TPSA) is 116 Å². The molecule has 4 amide bonds. The van der Waals surface area contributed by atoms with Crippen molar-refractivity contribution in [1.82, 2.24) is 15.5 Å². The van der Waals surface area contributed by atoms with E-state index in [1.807, 2.05) is 0 Å². The summed E-state index contributed by atoms with van der Waals surface area (Å²) < 4.78 is 0. The molecule has 1 unspecified atom stereocenters. The van der Waals surface area contributed by atoms with Crippen LogP contribution in [-0.4, -0.2) is 53.0 Å². The molecule has 0 bridgehead atoms. The van der Waals surface area contributed by atoms with E-state index in [1.54, 1.807) is 13.8 Å². The highest BCUT2D eigenvalue weighted by Crippen LogP contribution is 2.06. The van der Waals surface area contributed by atoms with Gasteiger partial charge in [0.1, 0.15) is 6.54 Å². The number of aliphatic carboxylic acids is 1. The largest absolute Gasteiger partial charge is 0.481 e. The monoisotopic (exact) mass is 271 g/mol. The minimum absolute atomic E-state index is 0.0665. The molecule has 1 atom stereocenters. The second-order valence-electron chi connectivity index (χ2n) is 4.65. The molecule has 3 N–H and O–H groups in total. The summed E-state index contributed by atoms with van der Waals surface area (Å²) in [6, 6.07) is -1.15. The van der Waals surface area contributed by atoms with Crippen LogP contribution in [0.2, 0.25) is 0 Å². The quantitative estimate of drug-likeness (QED) is 0.544. The maximum absolute atomic E-state index is 11.7. The van der Waals surface area contributed by atoms with Gasteiger partial charge in [0, 0.05) is 6.04 Å². The zero-order valence-electron chi connectivity index (χ0n) is 10.8. The van der Waals surface area contributed by atoms with E-state index in [1.165, 1.54) is 0 Å². The molecule has 1 saturated heterocycles. The second kappa shape index (κ2) is 6.17. The number of hydrogen-bond donors (Lipinski definition) is 3. The van der Waals surface area contributed by atoms with Crippen molar-refractivity contribution in [3.8, 4) is 0 Å². The third-order valence-corrected chi connectivity index (χ3v) is 2.78. The Morgan fingerprint density at radius 2 is 2.05 bits per heavy atom. The number of carboxylic acid groups (broad SMARTS) is 1. The van der Waals surface area contributed by atoms with Gasteiger partial charge in [-0.3, -0.25) is 19.3 Å². The molecule has 1 rings (SSSR count). The summed E-state index contributed by atoms with van der Waals surface area (Å²) in [5.74, 6) is -2.11. The zero-order valence-corrected chi connectivity index (χ0v) is 10.8. The van der Waals surface area contributed by atoms with Crippen LogP contribution in [0.1, 0.15) is 20.3 Å². The standard InChI is InChI=1S/C11H17N3O5/c1-6(2)7(3-10(17)18)13-8(15)5-14-9(16)4-12-11(14)19/h6-7H,3-5H2,1-2H3,(H,12,19)(H,13,15)(H,17,18). The third-order valence-electron chi connectivity index (χ3n) is 2.78. The minimum Gasteiger partial charge on any atom is -0.481 e. The highest BCUT2D eigenvalue weighted by Gasteiger charge is 2.31. The highest BCUT2D eigenvalue weighted by atomic mass is 16.4. The highest BCUT2D eigenvalue weighted by molar-refractivity contribution is 6.04. The molecule has 0 aliphatic carbocycles. The van der Waals surface area contributed by atoms with Crippen LogP contribution in [0.3, 0.4) is 0 Å². The Morgan fingerprint density at radius 1 is 1.42 bits per heavy atom. The molecule has 19 heavy (non-hydrogen) atoms. The van der Waals surface area contributed by atoms with Crippen LogP contribution in [-0.2, 0) is 14.4 Å². The van der Waals surface area contributed by atoms with Gasteiger partial charge in [0.15, 0.2) is 0 Å². The predicted octanol–water partition coefficient (Wildman–Crippen LogP) is -0.846. The summed E-state index contributed by atoms with van der Waals surface area (Å²) in [6.45, 7) is 3.05. The Bertz CT molecular complexity index is 391. The molecule has 8 heteroatoms. The van der Waals surface area contributed by atoms with Gasteiger partial charge in [0.05, 0.1) is 13.0 Å². The summed E-state index contributed by atoms with van der Waals surface area (Å²) >= 11 is 0. The Morgan fingerprint density at radius 3 is 2.47 bits per heavy atom. The van der Waals surface area contributed by atoms with Crippen molar-refractivity contribution >= 4 is 23.8 Å². The Labute approximate surface area is 110 Å². The first-order valence-electron chi connectivity index (χ1n) is 5.90. The van der Waals surface area contributed by atoms with E-state index in [9.17, 15) is 19.2 Å². The molecular weight excluding hydrogens is 254 g/mol. The van der Waals surface area contributed by atoms with Crippen LogP contribution in [0.4, 0.5) is 4.79 Å². The molecule has 0 saturated carbocycles. The van der Waals surface area contributed by atoms with Gasteiger partial charge in [-0.2, -0.15) is 0 Å². The lowest BCUT2D eigenvalue weighted by atomic mass is 10.0. The molecule has 1 aliphatic heterocycles. The summed E-state index contributed by atoms with van der Waals surface area (Å²) in [7, 11) is 0. The lowest BCUT2D eigenvalue weighted by Gasteiger charge is -2.21. The third kappa shape index (κ3) is 4.23.